The molecule has 1 unspecified atom stereocenters. The fourth-order valence-corrected chi connectivity index (χ4v) is 1.93. The van der Waals surface area contributed by atoms with E-state index in [0.29, 0.717) is 11.2 Å². The maximum Gasteiger partial charge on any atom is 0.224 e. The van der Waals surface area contributed by atoms with Gasteiger partial charge < -0.3 is 10.6 Å². The van der Waals surface area contributed by atoms with Crippen LogP contribution >= 0.6 is 27.7 Å². The van der Waals surface area contributed by atoms with Crippen LogP contribution in [-0.4, -0.2) is 34.6 Å². The van der Waals surface area contributed by atoms with Crippen LogP contribution in [0.25, 0.3) is 0 Å². The second-order valence-electron chi connectivity index (χ2n) is 3.68. The molecule has 0 amide bonds. The van der Waals surface area contributed by atoms with Crippen molar-refractivity contribution in [1.82, 2.24) is 9.97 Å². The van der Waals surface area contributed by atoms with Gasteiger partial charge in [0.25, 0.3) is 0 Å². The standard InChI is InChI=1S/C11H19BrN4S/c1-4-13-11-15-7-9(12)10(16-11)14-6-5-8(2)17-3/h7-8H,4-6H2,1-3H3,(H2,13,14,15,16). The molecule has 0 saturated heterocycles. The van der Waals surface area contributed by atoms with Gasteiger partial charge in [-0.3, -0.25) is 0 Å². The molecule has 0 aromatic carbocycles. The fraction of sp³-hybridized carbons (Fsp3) is 0.636. The molecule has 0 aliphatic rings. The van der Waals surface area contributed by atoms with Crippen LogP contribution in [0.2, 0.25) is 0 Å². The molecule has 0 saturated carbocycles. The Kier molecular flexibility index (Phi) is 6.65. The molecular weight excluding hydrogens is 300 g/mol. The van der Waals surface area contributed by atoms with E-state index < -0.39 is 0 Å². The number of halogens is 1. The molecule has 6 heteroatoms. The highest BCUT2D eigenvalue weighted by Gasteiger charge is 2.05. The largest absolute Gasteiger partial charge is 0.369 e. The van der Waals surface area contributed by atoms with Crippen molar-refractivity contribution in [1.29, 1.82) is 0 Å². The van der Waals surface area contributed by atoms with Crippen molar-refractivity contribution in [2.24, 2.45) is 0 Å². The molecule has 1 aromatic heterocycles. The molecule has 1 rings (SSSR count). The number of rotatable bonds is 7. The average molecular weight is 319 g/mol. The van der Waals surface area contributed by atoms with E-state index in [1.54, 1.807) is 6.20 Å². The Labute approximate surface area is 116 Å². The lowest BCUT2D eigenvalue weighted by molar-refractivity contribution is 0.848. The lowest BCUT2D eigenvalue weighted by Crippen LogP contribution is -2.11. The quantitative estimate of drug-likeness (QED) is 0.808. The van der Waals surface area contributed by atoms with E-state index in [4.69, 9.17) is 0 Å². The van der Waals surface area contributed by atoms with Crippen molar-refractivity contribution in [3.63, 3.8) is 0 Å². The van der Waals surface area contributed by atoms with Gasteiger partial charge in [0.15, 0.2) is 0 Å². The molecule has 1 atom stereocenters. The molecule has 1 heterocycles. The summed E-state index contributed by atoms with van der Waals surface area (Å²) in [5, 5.41) is 7.09. The monoisotopic (exact) mass is 318 g/mol. The highest BCUT2D eigenvalue weighted by Crippen LogP contribution is 2.20. The number of hydrogen-bond donors (Lipinski definition) is 2. The molecule has 0 bridgehead atoms. The van der Waals surface area contributed by atoms with Gasteiger partial charge in [0.1, 0.15) is 5.82 Å². The van der Waals surface area contributed by atoms with E-state index in [1.807, 2.05) is 18.7 Å². The molecular formula is C11H19BrN4S. The molecule has 96 valence electrons. The molecule has 0 radical (unpaired) electrons. The summed E-state index contributed by atoms with van der Waals surface area (Å²) in [5.41, 5.74) is 0. The first-order valence-electron chi connectivity index (χ1n) is 5.70. The van der Waals surface area contributed by atoms with Gasteiger partial charge >= 0.3 is 0 Å². The highest BCUT2D eigenvalue weighted by molar-refractivity contribution is 9.10. The van der Waals surface area contributed by atoms with E-state index >= 15 is 0 Å². The van der Waals surface area contributed by atoms with Crippen molar-refractivity contribution in [3.8, 4) is 0 Å². The first-order valence-corrected chi connectivity index (χ1v) is 7.78. The van der Waals surface area contributed by atoms with Crippen LogP contribution in [0.3, 0.4) is 0 Å². The second-order valence-corrected chi connectivity index (χ2v) is 5.81. The third-order valence-electron chi connectivity index (χ3n) is 2.32. The van der Waals surface area contributed by atoms with Crippen LogP contribution in [0.5, 0.6) is 0 Å². The van der Waals surface area contributed by atoms with Crippen LogP contribution in [-0.2, 0) is 0 Å². The normalized spacial score (nSPS) is 12.2. The summed E-state index contributed by atoms with van der Waals surface area (Å²) in [4.78, 5) is 8.57. The minimum Gasteiger partial charge on any atom is -0.369 e. The van der Waals surface area contributed by atoms with E-state index in [1.165, 1.54) is 0 Å². The maximum absolute atomic E-state index is 4.40. The Balaban J connectivity index is 2.54. The first kappa shape index (κ1) is 14.6. The number of aromatic nitrogens is 2. The van der Waals surface area contributed by atoms with Crippen LogP contribution in [0, 0.1) is 0 Å². The molecule has 2 N–H and O–H groups in total. The van der Waals surface area contributed by atoms with Crippen LogP contribution in [0.4, 0.5) is 11.8 Å². The first-order chi connectivity index (χ1) is 8.17. The smallest absolute Gasteiger partial charge is 0.224 e. The number of nitrogens with zero attached hydrogens (tertiary/aromatic N) is 2. The fourth-order valence-electron chi connectivity index (χ4n) is 1.25. The van der Waals surface area contributed by atoms with Gasteiger partial charge in [-0.05, 0) is 35.5 Å². The van der Waals surface area contributed by atoms with Gasteiger partial charge in [-0.15, -0.1) is 0 Å². The van der Waals surface area contributed by atoms with Gasteiger partial charge in [-0.2, -0.15) is 16.7 Å². The van der Waals surface area contributed by atoms with Gasteiger partial charge in [0, 0.05) is 24.5 Å². The van der Waals surface area contributed by atoms with Crippen molar-refractivity contribution in [2.75, 3.05) is 30.0 Å². The van der Waals surface area contributed by atoms with Gasteiger partial charge in [0.2, 0.25) is 5.95 Å². The van der Waals surface area contributed by atoms with Crippen LogP contribution in [0.1, 0.15) is 20.3 Å². The summed E-state index contributed by atoms with van der Waals surface area (Å²) in [6.07, 6.45) is 5.02. The number of thioether (sulfide) groups is 1. The summed E-state index contributed by atoms with van der Waals surface area (Å²) in [6.45, 7) is 6.00. The SMILES string of the molecule is CCNc1ncc(Br)c(NCCC(C)SC)n1. The topological polar surface area (TPSA) is 49.8 Å². The third kappa shape index (κ3) is 5.12. The minimum atomic E-state index is 0.663. The predicted octanol–water partition coefficient (Wildman–Crippen LogP) is 3.22. The summed E-state index contributed by atoms with van der Waals surface area (Å²) in [7, 11) is 0. The Hall–Kier alpha value is -0.490. The van der Waals surface area contributed by atoms with Crippen LogP contribution in [0.15, 0.2) is 10.7 Å². The minimum absolute atomic E-state index is 0.663. The third-order valence-corrected chi connectivity index (χ3v) is 3.95. The molecule has 0 fully saturated rings. The van der Waals surface area contributed by atoms with Crippen molar-refractivity contribution in [3.05, 3.63) is 10.7 Å². The van der Waals surface area contributed by atoms with Gasteiger partial charge in [0.05, 0.1) is 4.47 Å². The predicted molar refractivity (Wildman–Crippen MR) is 80.0 cm³/mol. The molecule has 0 aliphatic carbocycles. The number of nitrogens with one attached hydrogen (secondary N) is 2. The molecule has 0 aliphatic heterocycles. The van der Waals surface area contributed by atoms with Gasteiger partial charge in [-0.1, -0.05) is 6.92 Å². The molecule has 4 nitrogen and oxygen atoms in total. The Bertz CT molecular complexity index is 348. The lowest BCUT2D eigenvalue weighted by atomic mass is 10.3. The zero-order chi connectivity index (χ0) is 12.7. The number of hydrogen-bond acceptors (Lipinski definition) is 5. The van der Waals surface area contributed by atoms with Crippen molar-refractivity contribution in [2.45, 2.75) is 25.5 Å². The highest BCUT2D eigenvalue weighted by atomic mass is 79.9. The number of anilines is 2. The zero-order valence-corrected chi connectivity index (χ0v) is 12.9. The second kappa shape index (κ2) is 7.76. The Morgan fingerprint density at radius 1 is 1.47 bits per heavy atom. The Morgan fingerprint density at radius 3 is 2.88 bits per heavy atom. The summed E-state index contributed by atoms with van der Waals surface area (Å²) in [5.74, 6) is 1.51. The van der Waals surface area contributed by atoms with Crippen molar-refractivity contribution < 1.29 is 0 Å². The summed E-state index contributed by atoms with van der Waals surface area (Å²) >= 11 is 5.32. The maximum atomic E-state index is 4.40. The van der Waals surface area contributed by atoms with Gasteiger partial charge in [-0.25, -0.2) is 4.98 Å². The average Bonchev–Trinajstić information content (AvgIpc) is 2.33. The molecule has 0 spiro atoms. The zero-order valence-electron chi connectivity index (χ0n) is 10.5. The lowest BCUT2D eigenvalue weighted by Gasteiger charge is -2.11. The van der Waals surface area contributed by atoms with E-state index in [9.17, 15) is 0 Å². The van der Waals surface area contributed by atoms with E-state index in [2.05, 4.69) is 49.7 Å². The molecule has 17 heavy (non-hydrogen) atoms. The summed E-state index contributed by atoms with van der Waals surface area (Å²) in [6, 6.07) is 0. The summed E-state index contributed by atoms with van der Waals surface area (Å²) < 4.78 is 0.899. The van der Waals surface area contributed by atoms with Crippen LogP contribution < -0.4 is 10.6 Å². The van der Waals surface area contributed by atoms with Crippen molar-refractivity contribution >= 4 is 39.5 Å². The van der Waals surface area contributed by atoms with E-state index in [0.717, 1.165) is 29.8 Å². The Morgan fingerprint density at radius 2 is 2.24 bits per heavy atom. The van der Waals surface area contributed by atoms with E-state index in [-0.39, 0.29) is 0 Å². The molecule has 1 aromatic rings.